The van der Waals surface area contributed by atoms with Crippen molar-refractivity contribution in [3.63, 3.8) is 0 Å². The van der Waals surface area contributed by atoms with E-state index in [1.807, 2.05) is 0 Å². The number of pyridine rings is 1. The number of carboxylic acids is 1. The van der Waals surface area contributed by atoms with Crippen molar-refractivity contribution in [3.8, 4) is 0 Å². The fourth-order valence-corrected chi connectivity index (χ4v) is 0.969. The molecular weight excluding hydrogens is 199 g/mol. The summed E-state index contributed by atoms with van der Waals surface area (Å²) in [5.41, 5.74) is -1.56. The molecule has 0 aliphatic heterocycles. The number of aryl methyl sites for hydroxylation is 1. The lowest BCUT2D eigenvalue weighted by Crippen LogP contribution is -2.06. The van der Waals surface area contributed by atoms with Crippen LogP contribution in [0.15, 0.2) is 6.07 Å². The Kier molecular flexibility index (Phi) is 2.73. The van der Waals surface area contributed by atoms with Crippen molar-refractivity contribution in [3.05, 3.63) is 28.8 Å². The van der Waals surface area contributed by atoms with E-state index in [2.05, 4.69) is 4.98 Å². The summed E-state index contributed by atoms with van der Waals surface area (Å²) in [5, 5.41) is 8.53. The normalized spacial score (nSPS) is 10.6. The molecule has 0 aliphatic carbocycles. The summed E-state index contributed by atoms with van der Waals surface area (Å²) in [7, 11) is 0. The first-order chi connectivity index (χ1) is 6.43. The van der Waals surface area contributed by atoms with Crippen LogP contribution < -0.4 is 0 Å². The van der Waals surface area contributed by atoms with Gasteiger partial charge in [0.2, 0.25) is 0 Å². The van der Waals surface area contributed by atoms with E-state index in [1.54, 1.807) is 0 Å². The van der Waals surface area contributed by atoms with Gasteiger partial charge in [0, 0.05) is 0 Å². The molecule has 0 saturated heterocycles. The van der Waals surface area contributed by atoms with Gasteiger partial charge in [-0.2, -0.15) is 0 Å². The second-order valence-electron chi connectivity index (χ2n) is 2.59. The third-order valence-corrected chi connectivity index (χ3v) is 1.63. The van der Waals surface area contributed by atoms with Gasteiger partial charge in [0.05, 0.1) is 11.3 Å². The fourth-order valence-electron chi connectivity index (χ4n) is 0.969. The Morgan fingerprint density at radius 1 is 1.57 bits per heavy atom. The van der Waals surface area contributed by atoms with E-state index in [-0.39, 0.29) is 5.69 Å². The van der Waals surface area contributed by atoms with E-state index in [1.165, 1.54) is 6.92 Å². The number of nitrogens with zero attached hydrogens (tertiary/aromatic N) is 1. The molecule has 0 fully saturated rings. The van der Waals surface area contributed by atoms with Crippen molar-refractivity contribution in [1.82, 2.24) is 4.98 Å². The molecule has 0 atom stereocenters. The van der Waals surface area contributed by atoms with E-state index in [4.69, 9.17) is 5.11 Å². The summed E-state index contributed by atoms with van der Waals surface area (Å²) in [6.45, 7) is 1.23. The standard InChI is InChI=1S/C8H6F3NO2/c1-3-4(8(13)14)2-5(9)6(12-3)7(10)11/h2,7H,1H3,(H,13,14). The highest BCUT2D eigenvalue weighted by atomic mass is 19.3. The quantitative estimate of drug-likeness (QED) is 0.804. The molecule has 1 heterocycles. The second-order valence-corrected chi connectivity index (χ2v) is 2.59. The first-order valence-electron chi connectivity index (χ1n) is 3.62. The van der Waals surface area contributed by atoms with E-state index >= 15 is 0 Å². The number of halogens is 3. The third kappa shape index (κ3) is 1.84. The van der Waals surface area contributed by atoms with E-state index in [0.717, 1.165) is 0 Å². The molecule has 0 spiro atoms. The van der Waals surface area contributed by atoms with Crippen LogP contribution in [0.25, 0.3) is 0 Å². The summed E-state index contributed by atoms with van der Waals surface area (Å²) < 4.78 is 37.0. The van der Waals surface area contributed by atoms with Crippen molar-refractivity contribution in [2.75, 3.05) is 0 Å². The molecule has 0 aliphatic rings. The maximum Gasteiger partial charge on any atom is 0.337 e. The summed E-state index contributed by atoms with van der Waals surface area (Å²) in [6, 6.07) is 0.548. The smallest absolute Gasteiger partial charge is 0.337 e. The lowest BCUT2D eigenvalue weighted by molar-refractivity contribution is 0.0693. The van der Waals surface area contributed by atoms with Crippen LogP contribution in [0.2, 0.25) is 0 Å². The van der Waals surface area contributed by atoms with Gasteiger partial charge in [0.15, 0.2) is 5.82 Å². The monoisotopic (exact) mass is 205 g/mol. The lowest BCUT2D eigenvalue weighted by Gasteiger charge is -2.04. The van der Waals surface area contributed by atoms with Crippen LogP contribution >= 0.6 is 0 Å². The molecule has 0 bridgehead atoms. The summed E-state index contributed by atoms with van der Waals surface area (Å²) in [4.78, 5) is 13.6. The minimum absolute atomic E-state index is 0.130. The largest absolute Gasteiger partial charge is 0.478 e. The zero-order valence-corrected chi connectivity index (χ0v) is 7.09. The highest BCUT2D eigenvalue weighted by Gasteiger charge is 2.19. The zero-order valence-electron chi connectivity index (χ0n) is 7.09. The van der Waals surface area contributed by atoms with Gasteiger partial charge in [-0.05, 0) is 13.0 Å². The number of carboxylic acid groups (broad SMARTS) is 1. The minimum atomic E-state index is -3.04. The number of carbonyl (C=O) groups is 1. The first kappa shape index (κ1) is 10.5. The molecule has 14 heavy (non-hydrogen) atoms. The van der Waals surface area contributed by atoms with E-state index in [9.17, 15) is 18.0 Å². The van der Waals surface area contributed by atoms with Crippen LogP contribution in [-0.4, -0.2) is 16.1 Å². The Balaban J connectivity index is 3.31. The second kappa shape index (κ2) is 3.65. The lowest BCUT2D eigenvalue weighted by atomic mass is 10.2. The van der Waals surface area contributed by atoms with E-state index in [0.29, 0.717) is 6.07 Å². The molecule has 1 rings (SSSR count). The fraction of sp³-hybridized carbons (Fsp3) is 0.250. The minimum Gasteiger partial charge on any atom is -0.478 e. The van der Waals surface area contributed by atoms with Crippen LogP contribution in [0.4, 0.5) is 13.2 Å². The Bertz CT molecular complexity index is 379. The molecule has 0 saturated carbocycles. The molecule has 1 aromatic rings. The maximum absolute atomic E-state index is 12.8. The average molecular weight is 205 g/mol. The number of alkyl halides is 2. The van der Waals surface area contributed by atoms with Gasteiger partial charge in [-0.3, -0.25) is 0 Å². The molecule has 76 valence electrons. The van der Waals surface area contributed by atoms with Crippen LogP contribution in [0.1, 0.15) is 28.2 Å². The van der Waals surface area contributed by atoms with Crippen molar-refractivity contribution < 1.29 is 23.1 Å². The molecule has 0 aromatic carbocycles. The molecule has 1 N–H and O–H groups in total. The Morgan fingerprint density at radius 3 is 2.57 bits per heavy atom. The molecule has 0 radical (unpaired) electrons. The predicted molar refractivity (Wildman–Crippen MR) is 40.8 cm³/mol. The highest BCUT2D eigenvalue weighted by Crippen LogP contribution is 2.21. The van der Waals surface area contributed by atoms with Crippen LogP contribution in [0.5, 0.6) is 0 Å². The van der Waals surface area contributed by atoms with Crippen molar-refractivity contribution in [2.45, 2.75) is 13.3 Å². The Hall–Kier alpha value is -1.59. The predicted octanol–water partition coefficient (Wildman–Crippen LogP) is 2.16. The molecular formula is C8H6F3NO2. The number of aromatic nitrogens is 1. The van der Waals surface area contributed by atoms with Gasteiger partial charge in [0.25, 0.3) is 6.43 Å². The molecule has 0 amide bonds. The number of hydrogen-bond donors (Lipinski definition) is 1. The summed E-state index contributed by atoms with van der Waals surface area (Å²) in [5.74, 6) is -2.70. The van der Waals surface area contributed by atoms with Crippen molar-refractivity contribution >= 4 is 5.97 Å². The summed E-state index contributed by atoms with van der Waals surface area (Å²) in [6.07, 6.45) is -3.04. The van der Waals surface area contributed by atoms with Gasteiger partial charge >= 0.3 is 5.97 Å². The third-order valence-electron chi connectivity index (χ3n) is 1.63. The van der Waals surface area contributed by atoms with Gasteiger partial charge < -0.3 is 5.11 Å². The van der Waals surface area contributed by atoms with Gasteiger partial charge in [0.1, 0.15) is 5.69 Å². The summed E-state index contributed by atoms with van der Waals surface area (Å²) >= 11 is 0. The Labute approximate surface area is 77.2 Å². The Morgan fingerprint density at radius 2 is 2.14 bits per heavy atom. The molecule has 1 aromatic heterocycles. The number of hydrogen-bond acceptors (Lipinski definition) is 2. The maximum atomic E-state index is 12.8. The first-order valence-corrected chi connectivity index (χ1v) is 3.62. The SMILES string of the molecule is Cc1nc(C(F)F)c(F)cc1C(=O)O. The van der Waals surface area contributed by atoms with Crippen molar-refractivity contribution in [1.29, 1.82) is 0 Å². The number of aromatic carboxylic acids is 1. The van der Waals surface area contributed by atoms with Gasteiger partial charge in [-0.1, -0.05) is 0 Å². The van der Waals surface area contributed by atoms with Crippen molar-refractivity contribution in [2.24, 2.45) is 0 Å². The zero-order chi connectivity index (χ0) is 10.9. The highest BCUT2D eigenvalue weighted by molar-refractivity contribution is 5.88. The molecule has 3 nitrogen and oxygen atoms in total. The van der Waals surface area contributed by atoms with Crippen LogP contribution in [0.3, 0.4) is 0 Å². The van der Waals surface area contributed by atoms with E-state index < -0.39 is 29.5 Å². The van der Waals surface area contributed by atoms with Gasteiger partial charge in [-0.15, -0.1) is 0 Å². The average Bonchev–Trinajstić information content (AvgIpc) is 2.07. The van der Waals surface area contributed by atoms with Gasteiger partial charge in [-0.25, -0.2) is 22.9 Å². The molecule has 0 unspecified atom stereocenters. The van der Waals surface area contributed by atoms with Crippen LogP contribution in [-0.2, 0) is 0 Å². The van der Waals surface area contributed by atoms with Crippen LogP contribution in [0, 0.1) is 12.7 Å². The number of rotatable bonds is 2. The topological polar surface area (TPSA) is 50.2 Å². The molecule has 6 heteroatoms.